The van der Waals surface area contributed by atoms with E-state index >= 15 is 0 Å². The monoisotopic (exact) mass is 420 g/mol. The van der Waals surface area contributed by atoms with Crippen molar-refractivity contribution in [1.82, 2.24) is 0 Å². The van der Waals surface area contributed by atoms with Gasteiger partial charge in [-0.25, -0.2) is 4.57 Å². The summed E-state index contributed by atoms with van der Waals surface area (Å²) >= 11 is 0. The SMILES string of the molecule is Cc1cc2c(oc3c(-c4ccccc4)c(C)ccc32)c(-c2cc(C(C)C)cc[n+]2C)c1C. The van der Waals surface area contributed by atoms with E-state index in [0.717, 1.165) is 11.2 Å². The highest BCUT2D eigenvalue weighted by Crippen LogP contribution is 2.42. The molecule has 0 unspecified atom stereocenters. The minimum Gasteiger partial charge on any atom is -0.454 e. The molecule has 0 spiro atoms. The number of aromatic nitrogens is 1. The molecule has 0 aliphatic heterocycles. The normalized spacial score (nSPS) is 11.7. The molecule has 0 saturated carbocycles. The van der Waals surface area contributed by atoms with Gasteiger partial charge in [-0.1, -0.05) is 56.3 Å². The zero-order valence-corrected chi connectivity index (χ0v) is 19.8. The van der Waals surface area contributed by atoms with E-state index in [0.29, 0.717) is 5.92 Å². The van der Waals surface area contributed by atoms with Gasteiger partial charge in [0.1, 0.15) is 18.2 Å². The Bertz CT molecular complexity index is 1470. The summed E-state index contributed by atoms with van der Waals surface area (Å²) in [5, 5.41) is 2.36. The maximum Gasteiger partial charge on any atom is 0.216 e. The Morgan fingerprint density at radius 1 is 0.750 bits per heavy atom. The lowest BCUT2D eigenvalue weighted by molar-refractivity contribution is -0.660. The Kier molecular flexibility index (Phi) is 4.89. The predicted molar refractivity (Wildman–Crippen MR) is 134 cm³/mol. The smallest absolute Gasteiger partial charge is 0.216 e. The van der Waals surface area contributed by atoms with Crippen molar-refractivity contribution in [1.29, 1.82) is 0 Å². The van der Waals surface area contributed by atoms with Crippen LogP contribution in [0.25, 0.3) is 44.3 Å². The van der Waals surface area contributed by atoms with Crippen LogP contribution in [0.3, 0.4) is 0 Å². The molecule has 0 amide bonds. The molecule has 0 radical (unpaired) electrons. The summed E-state index contributed by atoms with van der Waals surface area (Å²) in [5.41, 5.74) is 11.8. The number of fused-ring (bicyclic) bond motifs is 3. The van der Waals surface area contributed by atoms with Gasteiger partial charge in [-0.3, -0.25) is 0 Å². The number of nitrogens with zero attached hydrogens (tertiary/aromatic N) is 1. The largest absolute Gasteiger partial charge is 0.454 e. The molecule has 2 nitrogen and oxygen atoms in total. The first-order valence-corrected chi connectivity index (χ1v) is 11.4. The highest BCUT2D eigenvalue weighted by molar-refractivity contribution is 6.14. The fourth-order valence-corrected chi connectivity index (χ4v) is 4.77. The summed E-state index contributed by atoms with van der Waals surface area (Å²) in [4.78, 5) is 0. The van der Waals surface area contributed by atoms with Crippen LogP contribution in [0.2, 0.25) is 0 Å². The number of benzene rings is 3. The number of hydrogen-bond acceptors (Lipinski definition) is 1. The van der Waals surface area contributed by atoms with Crippen LogP contribution in [-0.4, -0.2) is 0 Å². The van der Waals surface area contributed by atoms with Crippen molar-refractivity contribution >= 4 is 21.9 Å². The van der Waals surface area contributed by atoms with Crippen molar-refractivity contribution in [3.63, 3.8) is 0 Å². The molecule has 5 rings (SSSR count). The van der Waals surface area contributed by atoms with E-state index in [9.17, 15) is 0 Å². The first-order chi connectivity index (χ1) is 15.4. The van der Waals surface area contributed by atoms with Crippen LogP contribution in [0.15, 0.2) is 71.3 Å². The van der Waals surface area contributed by atoms with Gasteiger partial charge in [0.25, 0.3) is 0 Å². The van der Waals surface area contributed by atoms with E-state index in [-0.39, 0.29) is 0 Å². The Hall–Kier alpha value is -3.39. The summed E-state index contributed by atoms with van der Waals surface area (Å²) in [6, 6.07) is 21.8. The van der Waals surface area contributed by atoms with Crippen LogP contribution in [0.4, 0.5) is 0 Å². The molecule has 0 fully saturated rings. The molecule has 0 aliphatic carbocycles. The van der Waals surface area contributed by atoms with E-state index in [1.165, 1.54) is 55.4 Å². The molecule has 32 heavy (non-hydrogen) atoms. The zero-order chi connectivity index (χ0) is 22.6. The van der Waals surface area contributed by atoms with Crippen LogP contribution in [0.1, 0.15) is 42.0 Å². The predicted octanol–water partition coefficient (Wildman–Crippen LogP) is 7.79. The molecule has 3 aromatic carbocycles. The van der Waals surface area contributed by atoms with Crippen molar-refractivity contribution in [2.24, 2.45) is 7.05 Å². The summed E-state index contributed by atoms with van der Waals surface area (Å²) < 4.78 is 8.99. The minimum absolute atomic E-state index is 0.471. The van der Waals surface area contributed by atoms with Crippen LogP contribution in [0, 0.1) is 20.8 Å². The van der Waals surface area contributed by atoms with Gasteiger partial charge in [-0.05, 0) is 60.6 Å². The second-order valence-electron chi connectivity index (χ2n) is 9.28. The highest BCUT2D eigenvalue weighted by atomic mass is 16.3. The number of hydrogen-bond donors (Lipinski definition) is 0. The Morgan fingerprint density at radius 2 is 1.47 bits per heavy atom. The third-order valence-electron chi connectivity index (χ3n) is 6.82. The lowest BCUT2D eigenvalue weighted by Crippen LogP contribution is -2.31. The van der Waals surface area contributed by atoms with Gasteiger partial charge in [0.15, 0.2) is 6.20 Å². The third-order valence-corrected chi connectivity index (χ3v) is 6.82. The molecule has 160 valence electrons. The van der Waals surface area contributed by atoms with Crippen molar-refractivity contribution in [2.75, 3.05) is 0 Å². The minimum atomic E-state index is 0.471. The number of aryl methyl sites for hydroxylation is 3. The fourth-order valence-electron chi connectivity index (χ4n) is 4.77. The lowest BCUT2D eigenvalue weighted by atomic mass is 9.93. The van der Waals surface area contributed by atoms with E-state index in [1.807, 2.05) is 0 Å². The lowest BCUT2D eigenvalue weighted by Gasteiger charge is -2.11. The molecule has 0 atom stereocenters. The van der Waals surface area contributed by atoms with Crippen molar-refractivity contribution in [3.05, 3.63) is 89.1 Å². The summed E-state index contributed by atoms with van der Waals surface area (Å²) in [7, 11) is 2.12. The van der Waals surface area contributed by atoms with Crippen LogP contribution >= 0.6 is 0 Å². The van der Waals surface area contributed by atoms with Crippen LogP contribution in [0.5, 0.6) is 0 Å². The molecule has 0 aliphatic rings. The molecule has 0 bridgehead atoms. The van der Waals surface area contributed by atoms with Crippen LogP contribution in [-0.2, 0) is 7.05 Å². The molecule has 0 saturated heterocycles. The van der Waals surface area contributed by atoms with Gasteiger partial charge in [0.2, 0.25) is 5.69 Å². The number of furan rings is 1. The van der Waals surface area contributed by atoms with E-state index in [1.54, 1.807) is 0 Å². The summed E-state index contributed by atoms with van der Waals surface area (Å²) in [6.45, 7) is 11.1. The van der Waals surface area contributed by atoms with Crippen molar-refractivity contribution in [2.45, 2.75) is 40.5 Å². The van der Waals surface area contributed by atoms with Gasteiger partial charge in [-0.2, -0.15) is 0 Å². The summed E-state index contributed by atoms with van der Waals surface area (Å²) in [5.74, 6) is 0.471. The first kappa shape index (κ1) is 20.5. The van der Waals surface area contributed by atoms with Gasteiger partial charge in [0, 0.05) is 28.5 Å². The molecule has 2 aromatic heterocycles. The van der Waals surface area contributed by atoms with Gasteiger partial charge in [-0.15, -0.1) is 0 Å². The van der Waals surface area contributed by atoms with Crippen LogP contribution < -0.4 is 4.57 Å². The average molecular weight is 421 g/mol. The number of pyridine rings is 1. The van der Waals surface area contributed by atoms with E-state index in [4.69, 9.17) is 4.42 Å². The maximum atomic E-state index is 6.78. The Labute approximate surface area is 190 Å². The first-order valence-electron chi connectivity index (χ1n) is 11.4. The highest BCUT2D eigenvalue weighted by Gasteiger charge is 2.24. The van der Waals surface area contributed by atoms with Crippen molar-refractivity contribution in [3.8, 4) is 22.4 Å². The topological polar surface area (TPSA) is 17.0 Å². The molecule has 0 N–H and O–H groups in total. The van der Waals surface area contributed by atoms with Gasteiger partial charge in [0.05, 0.1) is 5.56 Å². The summed E-state index contributed by atoms with van der Waals surface area (Å²) in [6.07, 6.45) is 2.17. The van der Waals surface area contributed by atoms with Gasteiger partial charge >= 0.3 is 0 Å². The second kappa shape index (κ2) is 7.63. The van der Waals surface area contributed by atoms with Gasteiger partial charge < -0.3 is 4.42 Å². The third kappa shape index (κ3) is 3.14. The standard InChI is InChI=1S/C30H30NO/c1-18(2)23-14-15-31(6)26(17-23)28-21(5)20(4)16-25-24-13-12-19(3)27(29(24)32-30(25)28)22-10-8-7-9-11-22/h7-18H,1-6H3/q+1. The molecule has 5 aromatic rings. The molecule has 2 heteroatoms. The molecule has 2 heterocycles. The molecular weight excluding hydrogens is 390 g/mol. The maximum absolute atomic E-state index is 6.78. The van der Waals surface area contributed by atoms with E-state index < -0.39 is 0 Å². The zero-order valence-electron chi connectivity index (χ0n) is 19.8. The average Bonchev–Trinajstić information content (AvgIpc) is 3.13. The second-order valence-corrected chi connectivity index (χ2v) is 9.28. The Balaban J connectivity index is 1.91. The quantitative estimate of drug-likeness (QED) is 0.272. The van der Waals surface area contributed by atoms with E-state index in [2.05, 4.69) is 113 Å². The Morgan fingerprint density at radius 3 is 2.19 bits per heavy atom. The molecular formula is C30H30NO+. The fraction of sp³-hybridized carbons (Fsp3) is 0.233. The number of rotatable bonds is 3. The van der Waals surface area contributed by atoms with Crippen molar-refractivity contribution < 1.29 is 8.98 Å².